The minimum absolute atomic E-state index is 0.226. The Hall–Kier alpha value is -5.48. The lowest BCUT2D eigenvalue weighted by atomic mass is 9.72. The molecule has 0 unspecified atom stereocenters. The van der Waals surface area contributed by atoms with Gasteiger partial charge in [0.1, 0.15) is 0 Å². The molecule has 1 aliphatic rings. The van der Waals surface area contributed by atoms with E-state index < -0.39 is 0 Å². The normalized spacial score (nSPS) is 13.1. The van der Waals surface area contributed by atoms with E-state index in [4.69, 9.17) is 0 Å². The van der Waals surface area contributed by atoms with Gasteiger partial charge in [-0.3, -0.25) is 0 Å². The van der Waals surface area contributed by atoms with Crippen LogP contribution in [0.15, 0.2) is 176 Å². The molecule has 6 aromatic carbocycles. The van der Waals surface area contributed by atoms with Crippen molar-refractivity contribution in [3.05, 3.63) is 187 Å². The van der Waals surface area contributed by atoms with E-state index in [1.807, 2.05) is 22.7 Å². The zero-order valence-corrected chi connectivity index (χ0v) is 29.6. The number of benzene rings is 6. The summed E-state index contributed by atoms with van der Waals surface area (Å²) < 4.78 is 0. The summed E-state index contributed by atoms with van der Waals surface area (Å²) in [5.74, 6) is 0. The molecule has 0 spiro atoms. The summed E-state index contributed by atoms with van der Waals surface area (Å²) >= 11 is 3.72. The van der Waals surface area contributed by atoms with Crippen molar-refractivity contribution in [2.24, 2.45) is 0 Å². The SMILES string of the molecule is CC1(C)c2cc(-c3ccc(-c4ccccc4)s3)ccc2N(c2ccc(-c3ccccc3)cc2)c2ccc(-c3ccc(-c4ccccc4)s3)cc21. The predicted molar refractivity (Wildman–Crippen MR) is 216 cm³/mol. The van der Waals surface area contributed by atoms with E-state index in [1.54, 1.807) is 0 Å². The molecule has 0 atom stereocenters. The molecule has 1 aliphatic heterocycles. The molecule has 0 amide bonds. The molecule has 1 nitrogen and oxygen atoms in total. The molecule has 240 valence electrons. The van der Waals surface area contributed by atoms with E-state index in [2.05, 4.69) is 195 Å². The Labute approximate surface area is 302 Å². The number of hydrogen-bond acceptors (Lipinski definition) is 3. The molecule has 3 heterocycles. The van der Waals surface area contributed by atoms with E-state index >= 15 is 0 Å². The Morgan fingerprint density at radius 1 is 0.360 bits per heavy atom. The second-order valence-corrected chi connectivity index (χ2v) is 15.6. The van der Waals surface area contributed by atoms with Crippen LogP contribution in [0, 0.1) is 0 Å². The molecule has 0 N–H and O–H groups in total. The molecule has 0 saturated heterocycles. The molecule has 3 heteroatoms. The third kappa shape index (κ3) is 5.40. The van der Waals surface area contributed by atoms with Crippen LogP contribution in [0.2, 0.25) is 0 Å². The summed E-state index contributed by atoms with van der Waals surface area (Å²) in [6, 6.07) is 64.3. The molecular formula is C47H35NS2. The van der Waals surface area contributed by atoms with Crippen LogP contribution in [0.5, 0.6) is 0 Å². The van der Waals surface area contributed by atoms with Gasteiger partial charge in [0.25, 0.3) is 0 Å². The van der Waals surface area contributed by atoms with Crippen molar-refractivity contribution >= 4 is 39.7 Å². The maximum absolute atomic E-state index is 2.46. The number of fused-ring (bicyclic) bond motifs is 2. The average Bonchev–Trinajstić information content (AvgIpc) is 3.88. The van der Waals surface area contributed by atoms with Gasteiger partial charge in [-0.25, -0.2) is 0 Å². The van der Waals surface area contributed by atoms with E-state index in [1.165, 1.54) is 75.4 Å². The Kier molecular flexibility index (Phi) is 7.61. The molecule has 50 heavy (non-hydrogen) atoms. The van der Waals surface area contributed by atoms with Crippen molar-refractivity contribution in [3.8, 4) is 52.9 Å². The molecule has 8 aromatic rings. The second kappa shape index (κ2) is 12.4. The van der Waals surface area contributed by atoms with Crippen LogP contribution in [0.3, 0.4) is 0 Å². The highest BCUT2D eigenvalue weighted by molar-refractivity contribution is 7.19. The van der Waals surface area contributed by atoms with E-state index in [0.717, 1.165) is 5.69 Å². The fourth-order valence-electron chi connectivity index (χ4n) is 7.26. The molecule has 0 radical (unpaired) electrons. The van der Waals surface area contributed by atoms with Gasteiger partial charge in [0, 0.05) is 30.6 Å². The molecule has 0 saturated carbocycles. The molecule has 0 aliphatic carbocycles. The molecule has 9 rings (SSSR count). The quantitative estimate of drug-likeness (QED) is 0.169. The van der Waals surface area contributed by atoms with Crippen molar-refractivity contribution in [1.29, 1.82) is 0 Å². The number of nitrogens with zero attached hydrogens (tertiary/aromatic N) is 1. The first-order valence-electron chi connectivity index (χ1n) is 17.1. The van der Waals surface area contributed by atoms with Gasteiger partial charge in [0.2, 0.25) is 0 Å². The number of anilines is 3. The third-order valence-corrected chi connectivity index (χ3v) is 12.3. The minimum atomic E-state index is -0.226. The van der Waals surface area contributed by atoms with Gasteiger partial charge in [-0.15, -0.1) is 22.7 Å². The van der Waals surface area contributed by atoms with Crippen molar-refractivity contribution in [1.82, 2.24) is 0 Å². The van der Waals surface area contributed by atoms with E-state index in [0.29, 0.717) is 0 Å². The number of rotatable bonds is 6. The Balaban J connectivity index is 1.17. The van der Waals surface area contributed by atoms with Crippen molar-refractivity contribution in [2.45, 2.75) is 19.3 Å². The highest BCUT2D eigenvalue weighted by Crippen LogP contribution is 2.54. The highest BCUT2D eigenvalue weighted by Gasteiger charge is 2.37. The Morgan fingerprint density at radius 3 is 1.16 bits per heavy atom. The largest absolute Gasteiger partial charge is 0.310 e. The average molecular weight is 678 g/mol. The third-order valence-electron chi connectivity index (χ3n) is 9.95. The second-order valence-electron chi connectivity index (χ2n) is 13.4. The monoisotopic (exact) mass is 677 g/mol. The lowest BCUT2D eigenvalue weighted by Gasteiger charge is -2.42. The van der Waals surface area contributed by atoms with Gasteiger partial charge in [-0.2, -0.15) is 0 Å². The van der Waals surface area contributed by atoms with Gasteiger partial charge < -0.3 is 4.90 Å². The first-order valence-corrected chi connectivity index (χ1v) is 18.7. The summed E-state index contributed by atoms with van der Waals surface area (Å²) in [5, 5.41) is 0. The van der Waals surface area contributed by atoms with Crippen molar-refractivity contribution < 1.29 is 0 Å². The Morgan fingerprint density at radius 2 is 0.720 bits per heavy atom. The van der Waals surface area contributed by atoms with Crippen LogP contribution in [0.25, 0.3) is 52.9 Å². The van der Waals surface area contributed by atoms with Gasteiger partial charge >= 0.3 is 0 Å². The Bertz CT molecular complexity index is 2300. The fraction of sp³-hybridized carbons (Fsp3) is 0.0638. The van der Waals surface area contributed by atoms with Gasteiger partial charge in [-0.05, 0) is 105 Å². The molecule has 0 fully saturated rings. The lowest BCUT2D eigenvalue weighted by Crippen LogP contribution is -2.30. The predicted octanol–water partition coefficient (Wildman–Crippen LogP) is 14.3. The summed E-state index contributed by atoms with van der Waals surface area (Å²) in [6.45, 7) is 4.78. The van der Waals surface area contributed by atoms with Crippen LogP contribution in [0.1, 0.15) is 25.0 Å². The van der Waals surface area contributed by atoms with Gasteiger partial charge in [-0.1, -0.05) is 129 Å². The van der Waals surface area contributed by atoms with E-state index in [9.17, 15) is 0 Å². The summed E-state index contributed by atoms with van der Waals surface area (Å²) in [7, 11) is 0. The highest BCUT2D eigenvalue weighted by atomic mass is 32.1. The van der Waals surface area contributed by atoms with Crippen LogP contribution in [0.4, 0.5) is 17.1 Å². The standard InChI is InChI=1S/C47H35NS2/c1-47(2)39-30-36(45-28-26-43(49-45)34-14-8-4-9-15-34)20-24-41(39)48(38-22-18-33(19-23-38)32-12-6-3-7-13-32)42-25-21-37(31-40(42)47)46-29-27-44(50-46)35-16-10-5-11-17-35/h3-31H,1-2H3. The first kappa shape index (κ1) is 30.6. The maximum atomic E-state index is 2.46. The van der Waals surface area contributed by atoms with Crippen LogP contribution >= 0.6 is 22.7 Å². The molecule has 2 aromatic heterocycles. The van der Waals surface area contributed by atoms with Crippen LogP contribution in [-0.2, 0) is 5.41 Å². The molecular weight excluding hydrogens is 643 g/mol. The van der Waals surface area contributed by atoms with E-state index in [-0.39, 0.29) is 5.41 Å². The minimum Gasteiger partial charge on any atom is -0.310 e. The zero-order valence-electron chi connectivity index (χ0n) is 28.0. The van der Waals surface area contributed by atoms with Crippen LogP contribution < -0.4 is 4.90 Å². The summed E-state index contributed by atoms with van der Waals surface area (Å²) in [6.07, 6.45) is 0. The fourth-order valence-corrected chi connectivity index (χ4v) is 9.27. The number of thiophene rings is 2. The van der Waals surface area contributed by atoms with Crippen molar-refractivity contribution in [2.75, 3.05) is 4.90 Å². The number of hydrogen-bond donors (Lipinski definition) is 0. The smallest absolute Gasteiger partial charge is 0.0503 e. The molecule has 0 bridgehead atoms. The summed E-state index contributed by atoms with van der Waals surface area (Å²) in [4.78, 5) is 7.61. The maximum Gasteiger partial charge on any atom is 0.0503 e. The van der Waals surface area contributed by atoms with Gasteiger partial charge in [0.05, 0.1) is 11.4 Å². The topological polar surface area (TPSA) is 3.24 Å². The lowest BCUT2D eigenvalue weighted by molar-refractivity contribution is 0.632. The van der Waals surface area contributed by atoms with Gasteiger partial charge in [0.15, 0.2) is 0 Å². The van der Waals surface area contributed by atoms with Crippen molar-refractivity contribution in [3.63, 3.8) is 0 Å². The van der Waals surface area contributed by atoms with Crippen LogP contribution in [-0.4, -0.2) is 0 Å². The first-order chi connectivity index (χ1) is 24.5. The zero-order chi connectivity index (χ0) is 33.7. The summed E-state index contributed by atoms with van der Waals surface area (Å²) in [5.41, 5.74) is 13.5.